The van der Waals surface area contributed by atoms with Gasteiger partial charge in [0.1, 0.15) is 0 Å². The van der Waals surface area contributed by atoms with Gasteiger partial charge in [0.15, 0.2) is 4.73 Å². The standard InChI is InChI=1S/C5H6BrN3O2/c1-9-5(6)7-3(8-9)4(10)11-2/h1-2H3. The Labute approximate surface area is 71.5 Å². The quantitative estimate of drug-likeness (QED) is 0.641. The second-order valence-corrected chi connectivity index (χ2v) is 2.53. The van der Waals surface area contributed by atoms with Crippen LogP contribution < -0.4 is 0 Å². The first kappa shape index (κ1) is 8.19. The highest BCUT2D eigenvalue weighted by Crippen LogP contribution is 2.04. The van der Waals surface area contributed by atoms with E-state index in [1.807, 2.05) is 0 Å². The third kappa shape index (κ3) is 1.56. The van der Waals surface area contributed by atoms with E-state index < -0.39 is 5.97 Å². The van der Waals surface area contributed by atoms with E-state index in [1.165, 1.54) is 11.8 Å². The predicted molar refractivity (Wildman–Crippen MR) is 40.0 cm³/mol. The van der Waals surface area contributed by atoms with Gasteiger partial charge in [0.25, 0.3) is 5.82 Å². The molecule has 0 fully saturated rings. The van der Waals surface area contributed by atoms with Gasteiger partial charge >= 0.3 is 5.97 Å². The van der Waals surface area contributed by atoms with Crippen molar-refractivity contribution in [3.8, 4) is 0 Å². The number of halogens is 1. The monoisotopic (exact) mass is 219 g/mol. The van der Waals surface area contributed by atoms with Crippen LogP contribution in [0, 0.1) is 0 Å². The number of nitrogens with zero attached hydrogens (tertiary/aromatic N) is 3. The summed E-state index contributed by atoms with van der Waals surface area (Å²) in [5.41, 5.74) is 0. The van der Waals surface area contributed by atoms with Crippen LogP contribution in [0.5, 0.6) is 0 Å². The van der Waals surface area contributed by atoms with Gasteiger partial charge in [-0.15, -0.1) is 5.10 Å². The Morgan fingerprint density at radius 1 is 1.73 bits per heavy atom. The average molecular weight is 220 g/mol. The van der Waals surface area contributed by atoms with Gasteiger partial charge in [-0.25, -0.2) is 9.48 Å². The van der Waals surface area contributed by atoms with E-state index in [4.69, 9.17) is 0 Å². The summed E-state index contributed by atoms with van der Waals surface area (Å²) in [6.07, 6.45) is 0. The van der Waals surface area contributed by atoms with E-state index in [2.05, 4.69) is 30.7 Å². The molecule has 11 heavy (non-hydrogen) atoms. The second-order valence-electron chi connectivity index (χ2n) is 1.82. The molecule has 1 heterocycles. The number of carbonyl (C=O) groups is 1. The molecule has 0 N–H and O–H groups in total. The van der Waals surface area contributed by atoms with E-state index >= 15 is 0 Å². The molecule has 0 saturated heterocycles. The number of methoxy groups -OCH3 is 1. The molecule has 0 radical (unpaired) electrons. The van der Waals surface area contributed by atoms with Gasteiger partial charge < -0.3 is 4.74 Å². The number of hydrogen-bond donors (Lipinski definition) is 0. The molecular weight excluding hydrogens is 214 g/mol. The fourth-order valence-corrected chi connectivity index (χ4v) is 0.790. The molecule has 6 heteroatoms. The zero-order valence-corrected chi connectivity index (χ0v) is 7.62. The summed E-state index contributed by atoms with van der Waals surface area (Å²) in [4.78, 5) is 14.6. The van der Waals surface area contributed by atoms with Crippen LogP contribution in [-0.4, -0.2) is 27.8 Å². The first-order chi connectivity index (χ1) is 5.15. The molecule has 0 aromatic carbocycles. The molecule has 0 bridgehead atoms. The lowest BCUT2D eigenvalue weighted by Gasteiger charge is -1.88. The van der Waals surface area contributed by atoms with E-state index in [9.17, 15) is 4.79 Å². The Bertz CT molecular complexity index is 264. The summed E-state index contributed by atoms with van der Waals surface area (Å²) in [5.74, 6) is -0.479. The minimum Gasteiger partial charge on any atom is -0.463 e. The molecule has 0 aliphatic heterocycles. The van der Waals surface area contributed by atoms with Crippen molar-refractivity contribution in [1.82, 2.24) is 14.8 Å². The third-order valence-electron chi connectivity index (χ3n) is 1.08. The van der Waals surface area contributed by atoms with E-state index in [-0.39, 0.29) is 5.82 Å². The predicted octanol–water partition coefficient (Wildman–Crippen LogP) is 0.364. The summed E-state index contributed by atoms with van der Waals surface area (Å²) in [6, 6.07) is 0. The lowest BCUT2D eigenvalue weighted by atomic mass is 10.6. The maximum absolute atomic E-state index is 10.8. The van der Waals surface area contributed by atoms with Crippen molar-refractivity contribution in [2.75, 3.05) is 7.11 Å². The van der Waals surface area contributed by atoms with Crippen molar-refractivity contribution in [3.63, 3.8) is 0 Å². The Balaban J connectivity index is 2.97. The minimum atomic E-state index is -0.536. The van der Waals surface area contributed by atoms with Gasteiger partial charge in [0, 0.05) is 7.05 Å². The molecule has 0 saturated carbocycles. The SMILES string of the molecule is COC(=O)c1nc(Br)n(C)n1. The zero-order chi connectivity index (χ0) is 8.43. The lowest BCUT2D eigenvalue weighted by molar-refractivity contribution is 0.0586. The second kappa shape index (κ2) is 3.00. The van der Waals surface area contributed by atoms with Gasteiger partial charge in [-0.3, -0.25) is 0 Å². The van der Waals surface area contributed by atoms with Crippen molar-refractivity contribution in [1.29, 1.82) is 0 Å². The number of ether oxygens (including phenoxy) is 1. The van der Waals surface area contributed by atoms with Crippen molar-refractivity contribution < 1.29 is 9.53 Å². The van der Waals surface area contributed by atoms with Crippen LogP contribution in [0.4, 0.5) is 0 Å². The zero-order valence-electron chi connectivity index (χ0n) is 6.04. The molecule has 0 aliphatic carbocycles. The first-order valence-electron chi connectivity index (χ1n) is 2.80. The summed E-state index contributed by atoms with van der Waals surface area (Å²) in [6.45, 7) is 0. The van der Waals surface area contributed by atoms with Gasteiger partial charge in [0.2, 0.25) is 0 Å². The molecular formula is C5H6BrN3O2. The largest absolute Gasteiger partial charge is 0.463 e. The Morgan fingerprint density at radius 3 is 2.73 bits per heavy atom. The smallest absolute Gasteiger partial charge is 0.377 e. The minimum absolute atomic E-state index is 0.0573. The molecule has 0 atom stereocenters. The van der Waals surface area contributed by atoms with Crippen LogP contribution in [0.3, 0.4) is 0 Å². The highest BCUT2D eigenvalue weighted by Gasteiger charge is 2.12. The molecule has 1 rings (SSSR count). The fraction of sp³-hybridized carbons (Fsp3) is 0.400. The van der Waals surface area contributed by atoms with Crippen LogP contribution in [-0.2, 0) is 11.8 Å². The van der Waals surface area contributed by atoms with Crippen LogP contribution in [0.1, 0.15) is 10.6 Å². The van der Waals surface area contributed by atoms with E-state index in [0.717, 1.165) is 0 Å². The maximum atomic E-state index is 10.8. The summed E-state index contributed by atoms with van der Waals surface area (Å²) in [7, 11) is 2.95. The Hall–Kier alpha value is -0.910. The molecule has 60 valence electrons. The van der Waals surface area contributed by atoms with Gasteiger partial charge in [-0.05, 0) is 15.9 Å². The highest BCUT2D eigenvalue weighted by molar-refractivity contribution is 9.10. The summed E-state index contributed by atoms with van der Waals surface area (Å²) < 4.78 is 6.34. The molecule has 0 spiro atoms. The lowest BCUT2D eigenvalue weighted by Crippen LogP contribution is -2.04. The molecule has 1 aromatic heterocycles. The number of carbonyl (C=O) groups excluding carboxylic acids is 1. The maximum Gasteiger partial charge on any atom is 0.377 e. The van der Waals surface area contributed by atoms with Gasteiger partial charge in [-0.1, -0.05) is 0 Å². The van der Waals surface area contributed by atoms with Crippen LogP contribution in [0.15, 0.2) is 4.73 Å². The Kier molecular flexibility index (Phi) is 2.23. The van der Waals surface area contributed by atoms with E-state index in [0.29, 0.717) is 4.73 Å². The molecule has 0 aliphatic rings. The number of aromatic nitrogens is 3. The van der Waals surface area contributed by atoms with Crippen molar-refractivity contribution >= 4 is 21.9 Å². The van der Waals surface area contributed by atoms with Crippen molar-refractivity contribution in [2.24, 2.45) is 7.05 Å². The summed E-state index contributed by atoms with van der Waals surface area (Å²) in [5, 5.41) is 3.77. The van der Waals surface area contributed by atoms with Gasteiger partial charge in [-0.2, -0.15) is 4.98 Å². The van der Waals surface area contributed by atoms with E-state index in [1.54, 1.807) is 7.05 Å². The number of esters is 1. The highest BCUT2D eigenvalue weighted by atomic mass is 79.9. The molecule has 0 amide bonds. The number of rotatable bonds is 1. The average Bonchev–Trinajstić information content (AvgIpc) is 2.31. The normalized spacial score (nSPS) is 9.73. The topological polar surface area (TPSA) is 57.0 Å². The first-order valence-corrected chi connectivity index (χ1v) is 3.59. The van der Waals surface area contributed by atoms with Crippen LogP contribution in [0.25, 0.3) is 0 Å². The Morgan fingerprint density at radius 2 is 2.36 bits per heavy atom. The fourth-order valence-electron chi connectivity index (χ4n) is 0.543. The molecule has 1 aromatic rings. The molecule has 0 unspecified atom stereocenters. The third-order valence-corrected chi connectivity index (χ3v) is 1.77. The van der Waals surface area contributed by atoms with Crippen molar-refractivity contribution in [2.45, 2.75) is 0 Å². The van der Waals surface area contributed by atoms with Crippen LogP contribution in [0.2, 0.25) is 0 Å². The number of aryl methyl sites for hydroxylation is 1. The van der Waals surface area contributed by atoms with Crippen molar-refractivity contribution in [3.05, 3.63) is 10.6 Å². The number of hydrogen-bond acceptors (Lipinski definition) is 4. The van der Waals surface area contributed by atoms with Crippen LogP contribution >= 0.6 is 15.9 Å². The van der Waals surface area contributed by atoms with Gasteiger partial charge in [0.05, 0.1) is 7.11 Å². The molecule has 5 nitrogen and oxygen atoms in total. The summed E-state index contributed by atoms with van der Waals surface area (Å²) >= 11 is 3.10.